The summed E-state index contributed by atoms with van der Waals surface area (Å²) in [5.74, 6) is 0.962. The molecule has 0 bridgehead atoms. The van der Waals surface area contributed by atoms with Gasteiger partial charge in [0.25, 0.3) is 0 Å². The van der Waals surface area contributed by atoms with Crippen LogP contribution in [-0.2, 0) is 0 Å². The molecule has 2 rings (SSSR count). The van der Waals surface area contributed by atoms with Crippen LogP contribution < -0.4 is 10.6 Å². The molecule has 62 valence electrons. The van der Waals surface area contributed by atoms with E-state index in [4.69, 9.17) is 0 Å². The van der Waals surface area contributed by atoms with Crippen molar-refractivity contribution in [1.82, 2.24) is 5.32 Å². The Morgan fingerprint density at radius 3 is 2.92 bits per heavy atom. The third kappa shape index (κ3) is 1.03. The minimum atomic E-state index is 0.754. The predicted molar refractivity (Wildman–Crippen MR) is 50.5 cm³/mol. The monoisotopic (exact) mass is 161 g/mol. The summed E-state index contributed by atoms with van der Waals surface area (Å²) in [6.45, 7) is 0.754. The Kier molecular flexibility index (Phi) is 1.70. The molecule has 1 aliphatic heterocycles. The summed E-state index contributed by atoms with van der Waals surface area (Å²) in [7, 11) is 1.80. The van der Waals surface area contributed by atoms with Gasteiger partial charge in [-0.15, -0.1) is 0 Å². The topological polar surface area (TPSA) is 36.4 Å². The Labute approximate surface area is 71.5 Å². The Morgan fingerprint density at radius 1 is 1.25 bits per heavy atom. The van der Waals surface area contributed by atoms with Crippen LogP contribution in [0.15, 0.2) is 29.3 Å². The fourth-order valence-electron chi connectivity index (χ4n) is 1.36. The second kappa shape index (κ2) is 2.85. The van der Waals surface area contributed by atoms with Gasteiger partial charge in [0.1, 0.15) is 5.84 Å². The van der Waals surface area contributed by atoms with Gasteiger partial charge >= 0.3 is 0 Å². The van der Waals surface area contributed by atoms with Gasteiger partial charge in [-0.05, 0) is 12.1 Å². The SMILES string of the molecule is CN=C1NCNc2ccccc21. The fourth-order valence-corrected chi connectivity index (χ4v) is 1.36. The number of fused-ring (bicyclic) bond motifs is 1. The van der Waals surface area contributed by atoms with Gasteiger partial charge in [-0.2, -0.15) is 0 Å². The van der Waals surface area contributed by atoms with Crippen molar-refractivity contribution in [1.29, 1.82) is 0 Å². The van der Waals surface area contributed by atoms with E-state index in [-0.39, 0.29) is 0 Å². The van der Waals surface area contributed by atoms with Gasteiger partial charge in [0.2, 0.25) is 0 Å². The predicted octanol–water partition coefficient (Wildman–Crippen LogP) is 1.04. The summed E-state index contributed by atoms with van der Waals surface area (Å²) in [5, 5.41) is 6.40. The molecule has 0 saturated carbocycles. The lowest BCUT2D eigenvalue weighted by atomic mass is 10.1. The van der Waals surface area contributed by atoms with Crippen molar-refractivity contribution in [2.24, 2.45) is 4.99 Å². The highest BCUT2D eigenvalue weighted by molar-refractivity contribution is 6.04. The van der Waals surface area contributed by atoms with Crippen molar-refractivity contribution in [2.45, 2.75) is 0 Å². The molecule has 1 aromatic carbocycles. The normalized spacial score (nSPS) is 17.9. The molecule has 3 heteroatoms. The summed E-state index contributed by atoms with van der Waals surface area (Å²) >= 11 is 0. The minimum absolute atomic E-state index is 0.754. The van der Waals surface area contributed by atoms with E-state index < -0.39 is 0 Å². The van der Waals surface area contributed by atoms with Crippen LogP contribution in [0.25, 0.3) is 0 Å². The summed E-state index contributed by atoms with van der Waals surface area (Å²) in [4.78, 5) is 4.15. The average Bonchev–Trinajstić information content (AvgIpc) is 2.17. The quantitative estimate of drug-likeness (QED) is 0.596. The molecule has 0 radical (unpaired) electrons. The number of aliphatic imine (C=N–C) groups is 1. The maximum absolute atomic E-state index is 4.15. The third-order valence-electron chi connectivity index (χ3n) is 1.94. The molecule has 0 aromatic heterocycles. The zero-order chi connectivity index (χ0) is 8.39. The molecule has 0 aliphatic carbocycles. The van der Waals surface area contributed by atoms with Crippen LogP contribution in [-0.4, -0.2) is 19.6 Å². The van der Waals surface area contributed by atoms with E-state index in [1.165, 1.54) is 0 Å². The van der Waals surface area contributed by atoms with E-state index in [1.807, 2.05) is 12.1 Å². The summed E-state index contributed by atoms with van der Waals surface area (Å²) in [5.41, 5.74) is 2.29. The van der Waals surface area contributed by atoms with Crippen LogP contribution in [0.4, 0.5) is 5.69 Å². The van der Waals surface area contributed by atoms with E-state index in [1.54, 1.807) is 7.05 Å². The van der Waals surface area contributed by atoms with Crippen molar-refractivity contribution in [3.8, 4) is 0 Å². The second-order valence-corrected chi connectivity index (χ2v) is 2.65. The van der Waals surface area contributed by atoms with Gasteiger partial charge in [0.15, 0.2) is 0 Å². The number of hydrogen-bond acceptors (Lipinski definition) is 2. The molecule has 12 heavy (non-hydrogen) atoms. The zero-order valence-electron chi connectivity index (χ0n) is 6.96. The molecule has 1 aromatic rings. The number of nitrogens with zero attached hydrogens (tertiary/aromatic N) is 1. The number of amidine groups is 1. The van der Waals surface area contributed by atoms with Gasteiger partial charge in [-0.3, -0.25) is 4.99 Å². The Balaban J connectivity index is 2.51. The molecular formula is C9H11N3. The molecular weight excluding hydrogens is 150 g/mol. The first-order valence-corrected chi connectivity index (χ1v) is 3.96. The van der Waals surface area contributed by atoms with E-state index in [0.717, 1.165) is 23.8 Å². The van der Waals surface area contributed by atoms with E-state index in [9.17, 15) is 0 Å². The summed E-state index contributed by atoms with van der Waals surface area (Å²) in [6.07, 6.45) is 0. The van der Waals surface area contributed by atoms with E-state index >= 15 is 0 Å². The average molecular weight is 161 g/mol. The van der Waals surface area contributed by atoms with E-state index in [2.05, 4.69) is 27.8 Å². The second-order valence-electron chi connectivity index (χ2n) is 2.65. The van der Waals surface area contributed by atoms with Crippen LogP contribution in [0.5, 0.6) is 0 Å². The maximum Gasteiger partial charge on any atom is 0.131 e. The molecule has 0 spiro atoms. The fraction of sp³-hybridized carbons (Fsp3) is 0.222. The summed E-state index contributed by atoms with van der Waals surface area (Å²) < 4.78 is 0. The van der Waals surface area contributed by atoms with Crippen LogP contribution >= 0.6 is 0 Å². The highest BCUT2D eigenvalue weighted by atomic mass is 15.1. The highest BCUT2D eigenvalue weighted by Gasteiger charge is 2.11. The Bertz CT molecular complexity index is 317. The smallest absolute Gasteiger partial charge is 0.131 e. The number of rotatable bonds is 0. The van der Waals surface area contributed by atoms with Crippen molar-refractivity contribution in [2.75, 3.05) is 19.0 Å². The lowest BCUT2D eigenvalue weighted by molar-refractivity contribution is 0.951. The number of benzene rings is 1. The molecule has 0 fully saturated rings. The largest absolute Gasteiger partial charge is 0.367 e. The molecule has 3 nitrogen and oxygen atoms in total. The molecule has 0 amide bonds. The van der Waals surface area contributed by atoms with Gasteiger partial charge in [0.05, 0.1) is 6.67 Å². The Morgan fingerprint density at radius 2 is 2.08 bits per heavy atom. The molecule has 0 unspecified atom stereocenters. The van der Waals surface area contributed by atoms with Crippen molar-refractivity contribution >= 4 is 11.5 Å². The van der Waals surface area contributed by atoms with Gasteiger partial charge in [-0.25, -0.2) is 0 Å². The molecule has 2 N–H and O–H groups in total. The van der Waals surface area contributed by atoms with Gasteiger partial charge in [-0.1, -0.05) is 12.1 Å². The number of hydrogen-bond donors (Lipinski definition) is 2. The lowest BCUT2D eigenvalue weighted by Gasteiger charge is -2.20. The van der Waals surface area contributed by atoms with Crippen LogP contribution in [0.3, 0.4) is 0 Å². The first-order valence-electron chi connectivity index (χ1n) is 3.96. The van der Waals surface area contributed by atoms with E-state index in [0.29, 0.717) is 0 Å². The first-order chi connectivity index (χ1) is 5.92. The first kappa shape index (κ1) is 7.16. The maximum atomic E-state index is 4.15. The molecule has 1 heterocycles. The number of para-hydroxylation sites is 1. The molecule has 0 atom stereocenters. The highest BCUT2D eigenvalue weighted by Crippen LogP contribution is 2.16. The standard InChI is InChI=1S/C9H11N3/c1-10-9-7-4-2-3-5-8(7)11-6-12-9/h2-5,11H,6H2,1H3,(H,10,12). The number of nitrogens with one attached hydrogen (secondary N) is 2. The Hall–Kier alpha value is -1.51. The van der Waals surface area contributed by atoms with Crippen LogP contribution in [0.2, 0.25) is 0 Å². The van der Waals surface area contributed by atoms with Crippen LogP contribution in [0, 0.1) is 0 Å². The van der Waals surface area contributed by atoms with Crippen molar-refractivity contribution in [3.05, 3.63) is 29.8 Å². The van der Waals surface area contributed by atoms with Crippen molar-refractivity contribution in [3.63, 3.8) is 0 Å². The minimum Gasteiger partial charge on any atom is -0.367 e. The van der Waals surface area contributed by atoms with Crippen LogP contribution in [0.1, 0.15) is 5.56 Å². The molecule has 1 aliphatic rings. The number of anilines is 1. The van der Waals surface area contributed by atoms with Crippen molar-refractivity contribution < 1.29 is 0 Å². The summed E-state index contributed by atoms with van der Waals surface area (Å²) in [6, 6.07) is 8.14. The molecule has 0 saturated heterocycles. The van der Waals surface area contributed by atoms with Gasteiger partial charge in [0, 0.05) is 18.3 Å². The third-order valence-corrected chi connectivity index (χ3v) is 1.94. The lowest BCUT2D eigenvalue weighted by Crippen LogP contribution is -2.35. The zero-order valence-corrected chi connectivity index (χ0v) is 6.96. The van der Waals surface area contributed by atoms with Gasteiger partial charge < -0.3 is 10.6 Å².